The lowest BCUT2D eigenvalue weighted by atomic mass is 10.0. The second kappa shape index (κ2) is 9.09. The number of halogens is 3. The van der Waals surface area contributed by atoms with E-state index in [1.807, 2.05) is 0 Å². The van der Waals surface area contributed by atoms with Gasteiger partial charge in [0, 0.05) is 23.9 Å². The van der Waals surface area contributed by atoms with Gasteiger partial charge in [0.25, 0.3) is 5.91 Å². The van der Waals surface area contributed by atoms with Gasteiger partial charge in [-0.2, -0.15) is 0 Å². The van der Waals surface area contributed by atoms with E-state index in [2.05, 4.69) is 36.2 Å². The zero-order valence-electron chi connectivity index (χ0n) is 16.0. The minimum absolute atomic E-state index is 0.298. The molecule has 0 radical (unpaired) electrons. The average Bonchev–Trinajstić information content (AvgIpc) is 2.79. The second-order valence-corrected chi connectivity index (χ2v) is 7.10. The van der Waals surface area contributed by atoms with Crippen LogP contribution in [0.1, 0.15) is 10.4 Å². The number of nitrogens with one attached hydrogen (secondary N) is 1. The van der Waals surface area contributed by atoms with Crippen molar-refractivity contribution in [2.45, 2.75) is 0 Å². The molecule has 0 atom stereocenters. The number of carbonyl (C=O) groups excluding carboxylic acids is 1. The van der Waals surface area contributed by atoms with Crippen LogP contribution in [0.5, 0.6) is 0 Å². The number of hydrogen-bond acceptors (Lipinski definition) is 4. The molecule has 4 aromatic rings. The molecular weight excluding hydrogens is 466 g/mol. The molecule has 0 unspecified atom stereocenters. The molecule has 0 aliphatic rings. The van der Waals surface area contributed by atoms with Crippen LogP contribution in [0, 0.1) is 11.6 Å². The van der Waals surface area contributed by atoms with Gasteiger partial charge >= 0.3 is 0 Å². The first-order chi connectivity index (χ1) is 15.0. The quantitative estimate of drug-likeness (QED) is 0.422. The van der Waals surface area contributed by atoms with Crippen LogP contribution < -0.4 is 5.32 Å². The van der Waals surface area contributed by atoms with Crippen molar-refractivity contribution in [1.82, 2.24) is 20.3 Å². The zero-order valence-corrected chi connectivity index (χ0v) is 17.6. The number of benzene rings is 2. The fourth-order valence-corrected chi connectivity index (χ4v) is 3.17. The molecule has 0 aliphatic carbocycles. The van der Waals surface area contributed by atoms with Gasteiger partial charge in [-0.05, 0) is 59.6 Å². The van der Waals surface area contributed by atoms with Crippen molar-refractivity contribution < 1.29 is 13.6 Å². The van der Waals surface area contributed by atoms with Crippen molar-refractivity contribution >= 4 is 33.0 Å². The number of carbonyl (C=O) groups is 1. The van der Waals surface area contributed by atoms with Gasteiger partial charge in [-0.15, -0.1) is 0 Å². The Labute approximate surface area is 185 Å². The molecule has 0 fully saturated rings. The maximum Gasteiger partial charge on any atom is 0.253 e. The molecule has 0 saturated carbocycles. The Morgan fingerprint density at radius 2 is 1.52 bits per heavy atom. The SMILES string of the molecule is O=C(NC/C=C/Br)c1cnc2nc(-c3ccc(F)cc3)c(-c3ccc(F)cc3)nc2c1. The van der Waals surface area contributed by atoms with Crippen molar-refractivity contribution in [3.05, 3.63) is 89.1 Å². The van der Waals surface area contributed by atoms with Crippen molar-refractivity contribution in [3.63, 3.8) is 0 Å². The van der Waals surface area contributed by atoms with Gasteiger partial charge in [-0.25, -0.2) is 23.7 Å². The number of pyridine rings is 1. The largest absolute Gasteiger partial charge is 0.348 e. The third-order valence-corrected chi connectivity index (χ3v) is 4.86. The highest BCUT2D eigenvalue weighted by molar-refractivity contribution is 9.11. The first-order valence-electron chi connectivity index (χ1n) is 9.28. The topological polar surface area (TPSA) is 67.8 Å². The van der Waals surface area contributed by atoms with E-state index in [4.69, 9.17) is 0 Å². The van der Waals surface area contributed by atoms with E-state index in [0.29, 0.717) is 45.8 Å². The molecule has 31 heavy (non-hydrogen) atoms. The Balaban J connectivity index is 1.85. The highest BCUT2D eigenvalue weighted by atomic mass is 79.9. The van der Waals surface area contributed by atoms with Crippen LogP contribution in [0.3, 0.4) is 0 Å². The molecule has 0 saturated heterocycles. The molecule has 2 heterocycles. The highest BCUT2D eigenvalue weighted by Crippen LogP contribution is 2.31. The van der Waals surface area contributed by atoms with Gasteiger partial charge in [0.1, 0.15) is 17.2 Å². The van der Waals surface area contributed by atoms with Gasteiger partial charge in [0.15, 0.2) is 5.65 Å². The van der Waals surface area contributed by atoms with Crippen molar-refractivity contribution in [2.75, 3.05) is 6.54 Å². The number of amides is 1. The molecule has 5 nitrogen and oxygen atoms in total. The predicted octanol–water partition coefficient (Wildman–Crippen LogP) is 5.28. The van der Waals surface area contributed by atoms with E-state index in [0.717, 1.165) is 0 Å². The summed E-state index contributed by atoms with van der Waals surface area (Å²) in [6.07, 6.45) is 3.17. The highest BCUT2D eigenvalue weighted by Gasteiger charge is 2.16. The molecule has 0 bridgehead atoms. The van der Waals surface area contributed by atoms with E-state index < -0.39 is 0 Å². The van der Waals surface area contributed by atoms with Gasteiger partial charge < -0.3 is 5.32 Å². The standard InChI is InChI=1S/C23H15BrF2N4O/c24-10-1-11-27-23(31)16-12-19-22(28-13-16)30-21(15-4-8-18(26)9-5-15)20(29-19)14-2-6-17(25)7-3-14/h1-10,12-13H,11H2,(H,27,31)/b10-1+. The van der Waals surface area contributed by atoms with Crippen LogP contribution in [0.15, 0.2) is 71.9 Å². The summed E-state index contributed by atoms with van der Waals surface area (Å²) in [7, 11) is 0. The van der Waals surface area contributed by atoms with E-state index in [-0.39, 0.29) is 17.5 Å². The molecule has 0 aliphatic heterocycles. The summed E-state index contributed by atoms with van der Waals surface area (Å²) < 4.78 is 26.9. The molecule has 1 amide bonds. The van der Waals surface area contributed by atoms with Crippen LogP contribution >= 0.6 is 15.9 Å². The third kappa shape index (κ3) is 4.64. The second-order valence-electron chi connectivity index (χ2n) is 6.57. The fourth-order valence-electron chi connectivity index (χ4n) is 2.99. The summed E-state index contributed by atoms with van der Waals surface area (Å²) in [5, 5.41) is 2.74. The lowest BCUT2D eigenvalue weighted by Gasteiger charge is -2.11. The van der Waals surface area contributed by atoms with Crippen molar-refractivity contribution in [1.29, 1.82) is 0 Å². The van der Waals surface area contributed by atoms with Gasteiger partial charge in [-0.3, -0.25) is 4.79 Å². The lowest BCUT2D eigenvalue weighted by molar-refractivity contribution is 0.0958. The predicted molar refractivity (Wildman–Crippen MR) is 119 cm³/mol. The number of aromatic nitrogens is 3. The summed E-state index contributed by atoms with van der Waals surface area (Å²) in [5.74, 6) is -1.05. The Kier molecular flexibility index (Phi) is 6.08. The van der Waals surface area contributed by atoms with E-state index >= 15 is 0 Å². The zero-order chi connectivity index (χ0) is 21.8. The van der Waals surface area contributed by atoms with E-state index in [1.165, 1.54) is 30.5 Å². The Morgan fingerprint density at radius 1 is 0.935 bits per heavy atom. The number of fused-ring (bicyclic) bond motifs is 1. The minimum atomic E-state index is -0.376. The molecule has 2 aromatic heterocycles. The van der Waals surface area contributed by atoms with Crippen LogP contribution in [-0.2, 0) is 0 Å². The van der Waals surface area contributed by atoms with Crippen LogP contribution in [0.2, 0.25) is 0 Å². The van der Waals surface area contributed by atoms with Crippen LogP contribution in [-0.4, -0.2) is 27.4 Å². The first kappa shape index (κ1) is 20.7. The average molecular weight is 481 g/mol. The van der Waals surface area contributed by atoms with E-state index in [9.17, 15) is 13.6 Å². The molecule has 4 rings (SSSR count). The summed E-state index contributed by atoms with van der Waals surface area (Å²) >= 11 is 3.15. The molecule has 1 N–H and O–H groups in total. The molecule has 8 heteroatoms. The van der Waals surface area contributed by atoms with Crippen LogP contribution in [0.25, 0.3) is 33.7 Å². The van der Waals surface area contributed by atoms with Crippen molar-refractivity contribution in [2.24, 2.45) is 0 Å². The third-order valence-electron chi connectivity index (χ3n) is 4.49. The summed E-state index contributed by atoms with van der Waals surface area (Å²) in [6.45, 7) is 0.359. The normalized spacial score (nSPS) is 11.2. The van der Waals surface area contributed by atoms with E-state index in [1.54, 1.807) is 41.4 Å². The monoisotopic (exact) mass is 480 g/mol. The van der Waals surface area contributed by atoms with Crippen LogP contribution in [0.4, 0.5) is 8.78 Å². The number of nitrogens with zero attached hydrogens (tertiary/aromatic N) is 3. The Hall–Kier alpha value is -3.52. The number of rotatable bonds is 5. The molecular formula is C23H15BrF2N4O. The van der Waals surface area contributed by atoms with Gasteiger partial charge in [-0.1, -0.05) is 22.0 Å². The molecule has 154 valence electrons. The fraction of sp³-hybridized carbons (Fsp3) is 0.0435. The summed E-state index contributed by atoms with van der Waals surface area (Å²) in [6, 6.07) is 13.3. The number of hydrogen-bond donors (Lipinski definition) is 1. The minimum Gasteiger partial charge on any atom is -0.348 e. The Morgan fingerprint density at radius 3 is 2.10 bits per heavy atom. The van der Waals surface area contributed by atoms with Crippen molar-refractivity contribution in [3.8, 4) is 22.5 Å². The lowest BCUT2D eigenvalue weighted by Crippen LogP contribution is -2.23. The maximum absolute atomic E-state index is 13.5. The molecule has 2 aromatic carbocycles. The smallest absolute Gasteiger partial charge is 0.253 e. The van der Waals surface area contributed by atoms with Gasteiger partial charge in [0.05, 0.1) is 17.0 Å². The van der Waals surface area contributed by atoms with Gasteiger partial charge in [0.2, 0.25) is 0 Å². The first-order valence-corrected chi connectivity index (χ1v) is 10.2. The molecule has 0 spiro atoms. The summed E-state index contributed by atoms with van der Waals surface area (Å²) in [5.41, 5.74) is 3.31. The Bertz CT molecular complexity index is 1280. The summed E-state index contributed by atoms with van der Waals surface area (Å²) in [4.78, 5) is 27.6. The maximum atomic E-state index is 13.5.